The summed E-state index contributed by atoms with van der Waals surface area (Å²) in [5.41, 5.74) is 8.64. The molecule has 48 heavy (non-hydrogen) atoms. The van der Waals surface area contributed by atoms with E-state index in [9.17, 15) is 23.5 Å². The zero-order valence-electron chi connectivity index (χ0n) is 29.5. The molecule has 1 aliphatic carbocycles. The van der Waals surface area contributed by atoms with Crippen LogP contribution < -0.4 is 11.1 Å². The van der Waals surface area contributed by atoms with Gasteiger partial charge in [-0.2, -0.15) is 0 Å². The third-order valence-corrected chi connectivity index (χ3v) is 9.20. The van der Waals surface area contributed by atoms with Crippen molar-refractivity contribution < 1.29 is 23.5 Å². The van der Waals surface area contributed by atoms with Crippen molar-refractivity contribution in [3.63, 3.8) is 0 Å². The lowest BCUT2D eigenvalue weighted by atomic mass is 9.63. The lowest BCUT2D eigenvalue weighted by Gasteiger charge is -2.42. The van der Waals surface area contributed by atoms with Crippen molar-refractivity contribution in [1.29, 1.82) is 0 Å². The van der Waals surface area contributed by atoms with Gasteiger partial charge in [-0.05, 0) is 101 Å². The Labute approximate surface area is 286 Å². The highest BCUT2D eigenvalue weighted by Crippen LogP contribution is 2.45. The standard InChI is InChI=1S/C39H56F2N4O3/c1-6-15-45(16-7-2)37(47)32-19-29(12-9-10-17-44(4)5)24-39(25-32,38(42)48)35(22-31-20-33(40)23-34(41)21-31)36(46)27-43-26-30-14-11-13-28(8-3)18-30/h11,13-14,18-21,23-24,35-36,43,46H,6-10,12,15-17,22,25-27H2,1-5H3,(H2,42,48)/t35-,36+,39?/m1/s1. The van der Waals surface area contributed by atoms with Crippen LogP contribution in [0.15, 0.2) is 65.8 Å². The Morgan fingerprint density at radius 1 is 0.958 bits per heavy atom. The molecule has 2 aromatic rings. The molecule has 2 aromatic carbocycles. The van der Waals surface area contributed by atoms with Crippen LogP contribution in [-0.4, -0.2) is 73.1 Å². The molecule has 9 heteroatoms. The number of aryl methyl sites for hydroxylation is 1. The maximum atomic E-state index is 14.4. The van der Waals surface area contributed by atoms with Gasteiger partial charge in [0.25, 0.3) is 0 Å². The summed E-state index contributed by atoms with van der Waals surface area (Å²) in [7, 11) is 4.03. The summed E-state index contributed by atoms with van der Waals surface area (Å²) < 4.78 is 28.9. The first-order valence-corrected chi connectivity index (χ1v) is 17.5. The number of benzene rings is 2. The summed E-state index contributed by atoms with van der Waals surface area (Å²) in [4.78, 5) is 31.8. The Kier molecular flexibility index (Phi) is 15.4. The second-order valence-corrected chi connectivity index (χ2v) is 13.5. The molecule has 0 spiro atoms. The molecule has 7 nitrogen and oxygen atoms in total. The third kappa shape index (κ3) is 11.1. The SMILES string of the molecule is CCCN(CCC)C(=O)C1=CC(CCCCN(C)C)=CC(C(N)=O)([C@H](Cc2cc(F)cc(F)c2)[C@@H](O)CNCc2cccc(CC)c2)C1. The summed E-state index contributed by atoms with van der Waals surface area (Å²) >= 11 is 0. The van der Waals surface area contributed by atoms with Crippen molar-refractivity contribution in [2.45, 2.75) is 84.8 Å². The van der Waals surface area contributed by atoms with E-state index in [1.54, 1.807) is 0 Å². The molecule has 0 saturated heterocycles. The van der Waals surface area contributed by atoms with Crippen LogP contribution in [0.2, 0.25) is 0 Å². The Morgan fingerprint density at radius 2 is 1.62 bits per heavy atom. The minimum absolute atomic E-state index is 0.00956. The lowest BCUT2D eigenvalue weighted by molar-refractivity contribution is -0.132. The normalized spacial score (nSPS) is 17.5. The van der Waals surface area contributed by atoms with Crippen molar-refractivity contribution in [1.82, 2.24) is 15.1 Å². The van der Waals surface area contributed by atoms with Gasteiger partial charge in [0.1, 0.15) is 11.6 Å². The second kappa shape index (κ2) is 19.0. The number of aliphatic hydroxyl groups excluding tert-OH is 1. The first kappa shape index (κ1) is 39.0. The van der Waals surface area contributed by atoms with E-state index < -0.39 is 35.0 Å². The molecular weight excluding hydrogens is 610 g/mol. The third-order valence-electron chi connectivity index (χ3n) is 9.20. The van der Waals surface area contributed by atoms with Crippen molar-refractivity contribution in [2.75, 3.05) is 40.3 Å². The number of nitrogens with zero attached hydrogens (tertiary/aromatic N) is 2. The van der Waals surface area contributed by atoms with Gasteiger partial charge in [-0.25, -0.2) is 8.78 Å². The number of aliphatic hydroxyl groups is 1. The quantitative estimate of drug-likeness (QED) is 0.152. The molecule has 3 atom stereocenters. The zero-order chi connectivity index (χ0) is 35.3. The fourth-order valence-corrected chi connectivity index (χ4v) is 6.80. The first-order valence-electron chi connectivity index (χ1n) is 17.5. The molecule has 1 unspecified atom stereocenters. The number of unbranched alkanes of at least 4 members (excludes halogenated alkanes) is 1. The summed E-state index contributed by atoms with van der Waals surface area (Å²) in [5, 5.41) is 15.2. The monoisotopic (exact) mass is 666 g/mol. The highest BCUT2D eigenvalue weighted by molar-refractivity contribution is 5.97. The molecule has 4 N–H and O–H groups in total. The maximum Gasteiger partial charge on any atom is 0.249 e. The Hall–Kier alpha value is -3.40. The molecule has 0 radical (unpaired) electrons. The predicted octanol–water partition coefficient (Wildman–Crippen LogP) is 5.95. The van der Waals surface area contributed by atoms with Gasteiger partial charge in [0.05, 0.1) is 11.5 Å². The van der Waals surface area contributed by atoms with Crippen LogP contribution in [0.25, 0.3) is 0 Å². The first-order chi connectivity index (χ1) is 22.9. The molecule has 264 valence electrons. The highest BCUT2D eigenvalue weighted by atomic mass is 19.1. The van der Waals surface area contributed by atoms with Crippen LogP contribution >= 0.6 is 0 Å². The van der Waals surface area contributed by atoms with E-state index in [1.165, 1.54) is 17.7 Å². The van der Waals surface area contributed by atoms with E-state index in [4.69, 9.17) is 5.73 Å². The van der Waals surface area contributed by atoms with Gasteiger partial charge in [0.15, 0.2) is 0 Å². The number of amides is 2. The number of nitrogens with one attached hydrogen (secondary N) is 1. The van der Waals surface area contributed by atoms with E-state index in [2.05, 4.69) is 29.3 Å². The number of nitrogens with two attached hydrogens (primary N) is 1. The average molecular weight is 667 g/mol. The number of allylic oxidation sites excluding steroid dienone is 2. The fraction of sp³-hybridized carbons (Fsp3) is 0.538. The molecule has 0 bridgehead atoms. The zero-order valence-corrected chi connectivity index (χ0v) is 29.5. The molecule has 0 heterocycles. The molecular formula is C39H56F2N4O3. The minimum Gasteiger partial charge on any atom is -0.391 e. The molecule has 3 rings (SSSR count). The fourth-order valence-electron chi connectivity index (χ4n) is 6.80. The Balaban J connectivity index is 2.06. The summed E-state index contributed by atoms with van der Waals surface area (Å²) in [6, 6.07) is 11.4. The second-order valence-electron chi connectivity index (χ2n) is 13.5. The van der Waals surface area contributed by atoms with Crippen LogP contribution in [0.4, 0.5) is 8.78 Å². The van der Waals surface area contributed by atoms with Crippen LogP contribution in [0.3, 0.4) is 0 Å². The summed E-state index contributed by atoms with van der Waals surface area (Å²) in [6.07, 6.45) is 7.38. The van der Waals surface area contributed by atoms with E-state index in [-0.39, 0.29) is 25.3 Å². The van der Waals surface area contributed by atoms with Crippen molar-refractivity contribution >= 4 is 11.8 Å². The largest absolute Gasteiger partial charge is 0.391 e. The van der Waals surface area contributed by atoms with Crippen LogP contribution in [-0.2, 0) is 29.0 Å². The summed E-state index contributed by atoms with van der Waals surface area (Å²) in [5.74, 6) is -3.20. The average Bonchev–Trinajstić information content (AvgIpc) is 3.04. The van der Waals surface area contributed by atoms with Crippen molar-refractivity contribution in [3.8, 4) is 0 Å². The number of carbonyl (C=O) groups is 2. The van der Waals surface area contributed by atoms with Crippen LogP contribution in [0.1, 0.15) is 76.0 Å². The smallest absolute Gasteiger partial charge is 0.249 e. The number of hydrogen-bond acceptors (Lipinski definition) is 5. The lowest BCUT2D eigenvalue weighted by Crippen LogP contribution is -2.52. The summed E-state index contributed by atoms with van der Waals surface area (Å²) in [6.45, 7) is 8.76. The van der Waals surface area contributed by atoms with Crippen molar-refractivity contribution in [2.24, 2.45) is 17.1 Å². The Morgan fingerprint density at radius 3 is 2.23 bits per heavy atom. The van der Waals surface area contributed by atoms with E-state index >= 15 is 0 Å². The predicted molar refractivity (Wildman–Crippen MR) is 189 cm³/mol. The molecule has 0 fully saturated rings. The maximum absolute atomic E-state index is 14.4. The van der Waals surface area contributed by atoms with E-state index in [1.807, 2.05) is 57.1 Å². The highest BCUT2D eigenvalue weighted by Gasteiger charge is 2.48. The number of primary amides is 1. The molecule has 1 aliphatic rings. The van der Waals surface area contributed by atoms with Gasteiger partial charge in [-0.15, -0.1) is 0 Å². The number of rotatable bonds is 20. The van der Waals surface area contributed by atoms with Gasteiger partial charge in [-0.3, -0.25) is 9.59 Å². The molecule has 0 aliphatic heterocycles. The van der Waals surface area contributed by atoms with Gasteiger partial charge in [-0.1, -0.05) is 62.8 Å². The number of carbonyl (C=O) groups excluding carboxylic acids is 2. The molecule has 0 saturated carbocycles. The molecule has 0 aromatic heterocycles. The number of hydrogen-bond donors (Lipinski definition) is 3. The topological polar surface area (TPSA) is 98.9 Å². The van der Waals surface area contributed by atoms with Gasteiger partial charge in [0, 0.05) is 43.7 Å². The van der Waals surface area contributed by atoms with E-state index in [0.717, 1.165) is 55.9 Å². The van der Waals surface area contributed by atoms with E-state index in [0.29, 0.717) is 37.2 Å². The van der Waals surface area contributed by atoms with Gasteiger partial charge < -0.3 is 26.0 Å². The van der Waals surface area contributed by atoms with Crippen molar-refractivity contribution in [3.05, 3.63) is 94.1 Å². The van der Waals surface area contributed by atoms with Crippen LogP contribution in [0.5, 0.6) is 0 Å². The molecule has 2 amide bonds. The van der Waals surface area contributed by atoms with Crippen LogP contribution in [0, 0.1) is 23.0 Å². The van der Waals surface area contributed by atoms with Gasteiger partial charge >= 0.3 is 0 Å². The number of halogens is 2. The minimum atomic E-state index is -1.48. The Bertz CT molecular complexity index is 1400. The van der Waals surface area contributed by atoms with Gasteiger partial charge in [0.2, 0.25) is 11.8 Å².